The zero-order valence-corrected chi connectivity index (χ0v) is 23.5. The Hall–Kier alpha value is -4.01. The second-order valence-electron chi connectivity index (χ2n) is 9.46. The maximum atomic E-state index is 12.9. The Morgan fingerprint density at radius 2 is 1.60 bits per heavy atom. The molecule has 1 aromatic heterocycles. The highest BCUT2D eigenvalue weighted by Gasteiger charge is 2.23. The van der Waals surface area contributed by atoms with E-state index in [1.807, 2.05) is 23.0 Å². The van der Waals surface area contributed by atoms with Crippen LogP contribution in [0.25, 0.3) is 11.3 Å². The van der Waals surface area contributed by atoms with Crippen molar-refractivity contribution in [3.8, 4) is 11.3 Å². The number of hydrogen-bond donors (Lipinski definition) is 1. The molecule has 10 heteroatoms. The number of aromatic nitrogens is 2. The highest BCUT2D eigenvalue weighted by atomic mass is 35.5. The number of carbonyl (C=O) groups excluding carboxylic acids is 2. The zero-order chi connectivity index (χ0) is 28.1. The standard InChI is InChI=1S/C30H29Cl2N5O3/c1-40-29(38)23-19-25(31)28(26(32)20-23)33-30(39)36-17-15-35(16-18-36)24-9-7-22(8-10-24)27-12-14-37(34-27)13-11-21-5-3-2-4-6-21/h2-10,12,14,19-20H,11,13,15-18H2,1H3,(H,33,39). The maximum absolute atomic E-state index is 12.9. The number of amides is 2. The van der Waals surface area contributed by atoms with Crippen molar-refractivity contribution < 1.29 is 14.3 Å². The summed E-state index contributed by atoms with van der Waals surface area (Å²) >= 11 is 12.6. The molecule has 0 radical (unpaired) electrons. The summed E-state index contributed by atoms with van der Waals surface area (Å²) in [5, 5.41) is 7.85. The largest absolute Gasteiger partial charge is 0.465 e. The van der Waals surface area contributed by atoms with Crippen LogP contribution in [0.15, 0.2) is 79.0 Å². The van der Waals surface area contributed by atoms with Crippen molar-refractivity contribution in [2.24, 2.45) is 0 Å². The van der Waals surface area contributed by atoms with E-state index in [-0.39, 0.29) is 27.3 Å². The number of methoxy groups -OCH3 is 1. The number of carbonyl (C=O) groups is 2. The minimum absolute atomic E-state index is 0.168. The first-order valence-corrected chi connectivity index (χ1v) is 13.7. The molecule has 2 heterocycles. The van der Waals surface area contributed by atoms with E-state index in [1.165, 1.54) is 24.8 Å². The molecule has 4 aromatic rings. The normalized spacial score (nSPS) is 13.3. The molecule has 1 N–H and O–H groups in total. The number of urea groups is 1. The van der Waals surface area contributed by atoms with Crippen LogP contribution in [-0.2, 0) is 17.7 Å². The van der Waals surface area contributed by atoms with Crippen molar-refractivity contribution in [3.63, 3.8) is 0 Å². The van der Waals surface area contributed by atoms with Crippen LogP contribution in [-0.4, -0.2) is 60.0 Å². The van der Waals surface area contributed by atoms with Crippen LogP contribution in [0, 0.1) is 0 Å². The van der Waals surface area contributed by atoms with Gasteiger partial charge in [-0.3, -0.25) is 4.68 Å². The predicted molar refractivity (Wildman–Crippen MR) is 158 cm³/mol. The molecule has 0 saturated carbocycles. The monoisotopic (exact) mass is 577 g/mol. The van der Waals surface area contributed by atoms with Crippen LogP contribution in [0.3, 0.4) is 0 Å². The van der Waals surface area contributed by atoms with E-state index in [4.69, 9.17) is 33.0 Å². The lowest BCUT2D eigenvalue weighted by Crippen LogP contribution is -2.50. The van der Waals surface area contributed by atoms with Gasteiger partial charge < -0.3 is 19.9 Å². The number of benzene rings is 3. The van der Waals surface area contributed by atoms with Gasteiger partial charge in [-0.25, -0.2) is 9.59 Å². The molecule has 8 nitrogen and oxygen atoms in total. The lowest BCUT2D eigenvalue weighted by atomic mass is 10.1. The van der Waals surface area contributed by atoms with Crippen molar-refractivity contribution in [2.45, 2.75) is 13.0 Å². The number of ether oxygens (including phenoxy) is 1. The summed E-state index contributed by atoms with van der Waals surface area (Å²) in [7, 11) is 1.27. The van der Waals surface area contributed by atoms with E-state index in [2.05, 4.69) is 58.7 Å². The molecule has 3 aromatic carbocycles. The first kappa shape index (κ1) is 27.6. The lowest BCUT2D eigenvalue weighted by molar-refractivity contribution is 0.0600. The summed E-state index contributed by atoms with van der Waals surface area (Å²) in [5.74, 6) is -0.556. The molecule has 2 amide bonds. The third kappa shape index (κ3) is 6.41. The van der Waals surface area contributed by atoms with Gasteiger partial charge >= 0.3 is 12.0 Å². The molecule has 0 bridgehead atoms. The second-order valence-corrected chi connectivity index (χ2v) is 10.3. The van der Waals surface area contributed by atoms with Gasteiger partial charge in [-0.15, -0.1) is 0 Å². The van der Waals surface area contributed by atoms with Gasteiger partial charge in [0.2, 0.25) is 0 Å². The Labute approximate surface area is 243 Å². The zero-order valence-electron chi connectivity index (χ0n) is 22.0. The second kappa shape index (κ2) is 12.4. The lowest BCUT2D eigenvalue weighted by Gasteiger charge is -2.36. The summed E-state index contributed by atoms with van der Waals surface area (Å²) in [6, 6.07) is 23.3. The van der Waals surface area contributed by atoms with E-state index in [9.17, 15) is 9.59 Å². The molecule has 0 unspecified atom stereocenters. The minimum atomic E-state index is -0.556. The molecular weight excluding hydrogens is 549 g/mol. The van der Waals surface area contributed by atoms with Crippen molar-refractivity contribution in [3.05, 3.63) is 100 Å². The number of nitrogens with one attached hydrogen (secondary N) is 1. The molecule has 1 saturated heterocycles. The van der Waals surface area contributed by atoms with Gasteiger partial charge in [0.25, 0.3) is 0 Å². The number of halogens is 2. The third-order valence-corrected chi connectivity index (χ3v) is 7.50. The predicted octanol–water partition coefficient (Wildman–Crippen LogP) is 6.24. The van der Waals surface area contributed by atoms with Crippen LogP contribution in [0.2, 0.25) is 10.0 Å². The Bertz CT molecular complexity index is 1460. The molecular formula is C30H29Cl2N5O3. The molecule has 0 atom stereocenters. The topological polar surface area (TPSA) is 79.7 Å². The third-order valence-electron chi connectivity index (χ3n) is 6.90. The van der Waals surface area contributed by atoms with Crippen molar-refractivity contribution >= 4 is 46.6 Å². The number of aryl methyl sites for hydroxylation is 2. The summed E-state index contributed by atoms with van der Waals surface area (Å²) in [6.07, 6.45) is 2.96. The van der Waals surface area contributed by atoms with Gasteiger partial charge in [-0.1, -0.05) is 65.7 Å². The summed E-state index contributed by atoms with van der Waals surface area (Å²) in [5.41, 5.74) is 4.87. The maximum Gasteiger partial charge on any atom is 0.337 e. The van der Waals surface area contributed by atoms with Crippen LogP contribution in [0.4, 0.5) is 16.2 Å². The molecule has 0 spiro atoms. The number of piperazine rings is 1. The van der Waals surface area contributed by atoms with E-state index in [0.717, 1.165) is 29.9 Å². The Kier molecular flexibility index (Phi) is 8.57. The number of nitrogens with zero attached hydrogens (tertiary/aromatic N) is 4. The number of hydrogen-bond acceptors (Lipinski definition) is 5. The number of anilines is 2. The van der Waals surface area contributed by atoms with Crippen molar-refractivity contribution in [1.29, 1.82) is 0 Å². The van der Waals surface area contributed by atoms with Crippen molar-refractivity contribution in [2.75, 3.05) is 43.5 Å². The summed E-state index contributed by atoms with van der Waals surface area (Å²) in [4.78, 5) is 28.6. The van der Waals surface area contributed by atoms with E-state index in [0.29, 0.717) is 26.2 Å². The van der Waals surface area contributed by atoms with Gasteiger partial charge in [-0.05, 0) is 42.3 Å². The smallest absolute Gasteiger partial charge is 0.337 e. The van der Waals surface area contributed by atoms with Gasteiger partial charge in [0.05, 0.1) is 34.1 Å². The van der Waals surface area contributed by atoms with E-state index < -0.39 is 5.97 Å². The van der Waals surface area contributed by atoms with Crippen LogP contribution in [0.5, 0.6) is 0 Å². The summed E-state index contributed by atoms with van der Waals surface area (Å²) < 4.78 is 6.68. The van der Waals surface area contributed by atoms with Gasteiger partial charge in [-0.2, -0.15) is 5.10 Å². The number of rotatable bonds is 7. The quantitative estimate of drug-likeness (QED) is 0.263. The average Bonchev–Trinajstić information content (AvgIpc) is 3.47. The van der Waals surface area contributed by atoms with E-state index >= 15 is 0 Å². The van der Waals surface area contributed by atoms with Crippen molar-refractivity contribution in [1.82, 2.24) is 14.7 Å². The number of esters is 1. The highest BCUT2D eigenvalue weighted by Crippen LogP contribution is 2.32. The molecule has 1 fully saturated rings. The highest BCUT2D eigenvalue weighted by molar-refractivity contribution is 6.40. The van der Waals surface area contributed by atoms with Crippen LogP contribution < -0.4 is 10.2 Å². The van der Waals surface area contributed by atoms with Gasteiger partial charge in [0.1, 0.15) is 0 Å². The molecule has 1 aliphatic rings. The Morgan fingerprint density at radius 1 is 0.925 bits per heavy atom. The van der Waals surface area contributed by atoms with Crippen LogP contribution >= 0.6 is 23.2 Å². The fourth-order valence-corrected chi connectivity index (χ4v) is 5.24. The molecule has 206 valence electrons. The Balaban J connectivity index is 1.14. The molecule has 40 heavy (non-hydrogen) atoms. The van der Waals surface area contributed by atoms with E-state index in [1.54, 1.807) is 4.90 Å². The SMILES string of the molecule is COC(=O)c1cc(Cl)c(NC(=O)N2CCN(c3ccc(-c4ccn(CCc5ccccc5)n4)cc3)CC2)c(Cl)c1. The van der Waals surface area contributed by atoms with Gasteiger partial charge in [0.15, 0.2) is 0 Å². The molecule has 0 aliphatic carbocycles. The first-order valence-electron chi connectivity index (χ1n) is 13.0. The fraction of sp³-hybridized carbons (Fsp3) is 0.233. The average molecular weight is 579 g/mol. The molecule has 1 aliphatic heterocycles. The minimum Gasteiger partial charge on any atom is -0.465 e. The van der Waals surface area contributed by atoms with Gasteiger partial charge in [0, 0.05) is 50.2 Å². The Morgan fingerprint density at radius 3 is 2.25 bits per heavy atom. The van der Waals surface area contributed by atoms with Crippen LogP contribution in [0.1, 0.15) is 15.9 Å². The summed E-state index contributed by atoms with van der Waals surface area (Å²) in [6.45, 7) is 3.27. The first-order chi connectivity index (χ1) is 19.4. The fourth-order valence-electron chi connectivity index (χ4n) is 4.65. The molecule has 5 rings (SSSR count).